The number of hydrogen-bond acceptors (Lipinski definition) is 6. The van der Waals surface area contributed by atoms with E-state index >= 15 is 0 Å². The largest absolute Gasteiger partial charge is 0.348 e. The van der Waals surface area contributed by atoms with Gasteiger partial charge in [-0.25, -0.2) is 4.98 Å². The third kappa shape index (κ3) is 3.00. The summed E-state index contributed by atoms with van der Waals surface area (Å²) >= 11 is 5.79. The predicted octanol–water partition coefficient (Wildman–Crippen LogP) is 2.38. The number of nitro groups is 1. The van der Waals surface area contributed by atoms with Crippen LogP contribution < -0.4 is 4.90 Å². The smallest absolute Gasteiger partial charge is 0.332 e. The number of hydrogen-bond donors (Lipinski definition) is 0. The van der Waals surface area contributed by atoms with Gasteiger partial charge in [0.05, 0.1) is 17.2 Å². The van der Waals surface area contributed by atoms with Gasteiger partial charge in [0.15, 0.2) is 0 Å². The Morgan fingerprint density at radius 1 is 1.40 bits per heavy atom. The Kier molecular flexibility index (Phi) is 4.09. The first kappa shape index (κ1) is 14.1. The first-order chi connectivity index (χ1) is 9.49. The van der Waals surface area contributed by atoms with Crippen LogP contribution in [0.2, 0.25) is 5.28 Å². The summed E-state index contributed by atoms with van der Waals surface area (Å²) in [6.07, 6.45) is 1.66. The highest BCUT2D eigenvalue weighted by Crippen LogP contribution is 2.29. The van der Waals surface area contributed by atoms with Crippen LogP contribution in [0.1, 0.15) is 11.4 Å². The number of aromatic nitrogens is 3. The van der Waals surface area contributed by atoms with Crippen LogP contribution in [0.4, 0.5) is 11.5 Å². The zero-order chi connectivity index (χ0) is 14.7. The summed E-state index contributed by atoms with van der Waals surface area (Å²) in [6, 6.07) is 5.48. The molecule has 0 amide bonds. The van der Waals surface area contributed by atoms with Crippen LogP contribution in [0.15, 0.2) is 24.4 Å². The second-order valence-corrected chi connectivity index (χ2v) is 4.52. The Bertz CT molecular complexity index is 635. The second kappa shape index (κ2) is 5.79. The number of nitrogens with zero attached hydrogens (tertiary/aromatic N) is 5. The predicted molar refractivity (Wildman–Crippen MR) is 74.8 cm³/mol. The molecule has 0 aliphatic heterocycles. The summed E-state index contributed by atoms with van der Waals surface area (Å²) in [5.41, 5.74) is 0.863. The van der Waals surface area contributed by atoms with Crippen LogP contribution in [0.25, 0.3) is 0 Å². The summed E-state index contributed by atoms with van der Waals surface area (Å²) in [5, 5.41) is 11.1. The van der Waals surface area contributed by atoms with E-state index in [9.17, 15) is 10.1 Å². The SMILES string of the molecule is Cc1nc(Cl)nc(N(C)Cc2ccccn2)c1[N+](=O)[O-]. The van der Waals surface area contributed by atoms with Crippen molar-refractivity contribution in [1.82, 2.24) is 15.0 Å². The molecule has 0 aliphatic rings. The molecule has 0 saturated heterocycles. The molecule has 8 heteroatoms. The molecule has 20 heavy (non-hydrogen) atoms. The van der Waals surface area contributed by atoms with Gasteiger partial charge >= 0.3 is 5.69 Å². The maximum absolute atomic E-state index is 11.2. The third-order valence-electron chi connectivity index (χ3n) is 2.68. The van der Waals surface area contributed by atoms with Gasteiger partial charge in [0.25, 0.3) is 0 Å². The Labute approximate surface area is 120 Å². The van der Waals surface area contributed by atoms with Crippen molar-refractivity contribution < 1.29 is 4.92 Å². The zero-order valence-electron chi connectivity index (χ0n) is 10.9. The lowest BCUT2D eigenvalue weighted by Crippen LogP contribution is -2.20. The normalized spacial score (nSPS) is 10.3. The van der Waals surface area contributed by atoms with Crippen LogP contribution in [0, 0.1) is 17.0 Å². The number of pyridine rings is 1. The van der Waals surface area contributed by atoms with Crippen molar-refractivity contribution in [2.45, 2.75) is 13.5 Å². The standard InChI is InChI=1S/C12H12ClN5O2/c1-8-10(18(19)20)11(16-12(13)15-8)17(2)7-9-5-3-4-6-14-9/h3-6H,7H2,1-2H3. The monoisotopic (exact) mass is 293 g/mol. The van der Waals surface area contributed by atoms with Crippen molar-refractivity contribution in [3.8, 4) is 0 Å². The average molecular weight is 294 g/mol. The van der Waals surface area contributed by atoms with E-state index in [1.54, 1.807) is 24.2 Å². The number of halogens is 1. The minimum Gasteiger partial charge on any atom is -0.348 e. The van der Waals surface area contributed by atoms with E-state index in [-0.39, 0.29) is 22.5 Å². The molecule has 0 bridgehead atoms. The Morgan fingerprint density at radius 2 is 2.15 bits per heavy atom. The van der Waals surface area contributed by atoms with E-state index < -0.39 is 4.92 Å². The molecule has 2 rings (SSSR count). The van der Waals surface area contributed by atoms with E-state index in [2.05, 4.69) is 15.0 Å². The fourth-order valence-corrected chi connectivity index (χ4v) is 2.01. The quantitative estimate of drug-likeness (QED) is 0.489. The highest BCUT2D eigenvalue weighted by molar-refractivity contribution is 6.28. The van der Waals surface area contributed by atoms with Crippen molar-refractivity contribution in [3.63, 3.8) is 0 Å². The summed E-state index contributed by atoms with van der Waals surface area (Å²) in [6.45, 7) is 1.91. The van der Waals surface area contributed by atoms with E-state index in [1.165, 1.54) is 6.92 Å². The zero-order valence-corrected chi connectivity index (χ0v) is 11.7. The van der Waals surface area contributed by atoms with E-state index in [0.717, 1.165) is 5.69 Å². The van der Waals surface area contributed by atoms with Crippen LogP contribution in [0.3, 0.4) is 0 Å². The van der Waals surface area contributed by atoms with Gasteiger partial charge in [0.2, 0.25) is 11.1 Å². The molecular weight excluding hydrogens is 282 g/mol. The lowest BCUT2D eigenvalue weighted by molar-refractivity contribution is -0.385. The number of aryl methyl sites for hydroxylation is 1. The molecule has 0 unspecified atom stereocenters. The number of rotatable bonds is 4. The molecule has 2 heterocycles. The van der Waals surface area contributed by atoms with Crippen molar-refractivity contribution in [2.24, 2.45) is 0 Å². The Balaban J connectivity index is 2.38. The fourth-order valence-electron chi connectivity index (χ4n) is 1.81. The molecule has 0 aromatic carbocycles. The maximum atomic E-state index is 11.2. The fraction of sp³-hybridized carbons (Fsp3) is 0.250. The average Bonchev–Trinajstić information content (AvgIpc) is 2.38. The lowest BCUT2D eigenvalue weighted by atomic mass is 10.3. The summed E-state index contributed by atoms with van der Waals surface area (Å²) in [7, 11) is 1.69. The summed E-state index contributed by atoms with van der Waals surface area (Å²) in [5.74, 6) is 0.179. The second-order valence-electron chi connectivity index (χ2n) is 4.18. The van der Waals surface area contributed by atoms with Gasteiger partial charge in [-0.2, -0.15) is 4.98 Å². The molecule has 0 atom stereocenters. The summed E-state index contributed by atoms with van der Waals surface area (Å²) < 4.78 is 0. The molecule has 2 aromatic rings. The van der Waals surface area contributed by atoms with Crippen molar-refractivity contribution in [3.05, 3.63) is 51.2 Å². The van der Waals surface area contributed by atoms with Gasteiger partial charge in [0.1, 0.15) is 5.69 Å². The Hall–Kier alpha value is -2.28. The first-order valence-electron chi connectivity index (χ1n) is 5.78. The van der Waals surface area contributed by atoms with Gasteiger partial charge in [-0.15, -0.1) is 0 Å². The molecule has 104 valence electrons. The molecular formula is C12H12ClN5O2. The van der Waals surface area contributed by atoms with Crippen LogP contribution >= 0.6 is 11.6 Å². The van der Waals surface area contributed by atoms with Gasteiger partial charge < -0.3 is 4.90 Å². The molecule has 0 spiro atoms. The maximum Gasteiger partial charge on any atom is 0.332 e. The molecule has 0 saturated carbocycles. The van der Waals surface area contributed by atoms with E-state index in [4.69, 9.17) is 11.6 Å². The van der Waals surface area contributed by atoms with Crippen molar-refractivity contribution in [1.29, 1.82) is 0 Å². The van der Waals surface area contributed by atoms with Gasteiger partial charge in [-0.3, -0.25) is 15.1 Å². The molecule has 7 nitrogen and oxygen atoms in total. The Morgan fingerprint density at radius 3 is 2.75 bits per heavy atom. The van der Waals surface area contributed by atoms with Crippen molar-refractivity contribution >= 4 is 23.1 Å². The molecule has 0 N–H and O–H groups in total. The van der Waals surface area contributed by atoms with E-state index in [0.29, 0.717) is 6.54 Å². The molecule has 0 radical (unpaired) electrons. The van der Waals surface area contributed by atoms with Crippen LogP contribution in [0.5, 0.6) is 0 Å². The summed E-state index contributed by atoms with van der Waals surface area (Å²) in [4.78, 5) is 24.2. The van der Waals surface area contributed by atoms with Crippen molar-refractivity contribution in [2.75, 3.05) is 11.9 Å². The van der Waals surface area contributed by atoms with Gasteiger partial charge in [0, 0.05) is 13.2 Å². The highest BCUT2D eigenvalue weighted by Gasteiger charge is 2.24. The van der Waals surface area contributed by atoms with Crippen LogP contribution in [-0.4, -0.2) is 26.9 Å². The minimum atomic E-state index is -0.504. The molecule has 2 aromatic heterocycles. The molecule has 0 aliphatic carbocycles. The van der Waals surface area contributed by atoms with Gasteiger partial charge in [-0.1, -0.05) is 6.07 Å². The molecule has 0 fully saturated rings. The minimum absolute atomic E-state index is 0.0176. The third-order valence-corrected chi connectivity index (χ3v) is 2.85. The first-order valence-corrected chi connectivity index (χ1v) is 6.16. The topological polar surface area (TPSA) is 85.0 Å². The lowest BCUT2D eigenvalue weighted by Gasteiger charge is -2.18. The highest BCUT2D eigenvalue weighted by atomic mass is 35.5. The van der Waals surface area contributed by atoms with Gasteiger partial charge in [-0.05, 0) is 30.7 Å². The number of anilines is 1. The van der Waals surface area contributed by atoms with E-state index in [1.807, 2.05) is 12.1 Å². The van der Waals surface area contributed by atoms with Crippen LogP contribution in [-0.2, 0) is 6.54 Å².